The number of halogens is 1. The van der Waals surface area contributed by atoms with Gasteiger partial charge in [-0.05, 0) is 12.5 Å². The van der Waals surface area contributed by atoms with Crippen LogP contribution in [0.3, 0.4) is 0 Å². The summed E-state index contributed by atoms with van der Waals surface area (Å²) in [5.41, 5.74) is 5.06. The molecule has 0 aromatic heterocycles. The molecule has 0 saturated carbocycles. The standard InChI is InChI=1S/C7H9ClN2O/c8-6-1-3-7(9,4-2-6)5-10-11/h1-3,5,11H,4,9H2. The number of oxime groups is 1. The number of nitrogens with two attached hydrogens (primary N) is 1. The highest BCUT2D eigenvalue weighted by atomic mass is 35.5. The monoisotopic (exact) mass is 172 g/mol. The Morgan fingerprint density at radius 3 is 3.00 bits per heavy atom. The zero-order valence-electron chi connectivity index (χ0n) is 5.87. The van der Waals surface area contributed by atoms with E-state index in [0.717, 1.165) is 0 Å². The van der Waals surface area contributed by atoms with Crippen LogP contribution in [0.2, 0.25) is 0 Å². The van der Waals surface area contributed by atoms with Gasteiger partial charge in [-0.1, -0.05) is 28.9 Å². The second-order valence-corrected chi connectivity index (χ2v) is 2.92. The average Bonchev–Trinajstić information content (AvgIpc) is 1.97. The number of rotatable bonds is 1. The summed E-state index contributed by atoms with van der Waals surface area (Å²) in [7, 11) is 0. The Bertz CT molecular complexity index is 235. The van der Waals surface area contributed by atoms with Gasteiger partial charge in [-0.3, -0.25) is 0 Å². The molecule has 0 amide bonds. The molecule has 1 aliphatic rings. The summed E-state index contributed by atoms with van der Waals surface area (Å²) in [5.74, 6) is 0. The number of allylic oxidation sites excluding steroid dienone is 2. The van der Waals surface area contributed by atoms with Crippen LogP contribution in [0, 0.1) is 0 Å². The molecule has 0 saturated heterocycles. The number of nitrogens with zero attached hydrogens (tertiary/aromatic N) is 1. The van der Waals surface area contributed by atoms with Crippen molar-refractivity contribution in [1.29, 1.82) is 0 Å². The van der Waals surface area contributed by atoms with Crippen molar-refractivity contribution >= 4 is 17.8 Å². The molecule has 0 radical (unpaired) electrons. The molecular weight excluding hydrogens is 164 g/mol. The maximum absolute atomic E-state index is 8.25. The van der Waals surface area contributed by atoms with E-state index in [-0.39, 0.29) is 0 Å². The van der Waals surface area contributed by atoms with Gasteiger partial charge in [0.1, 0.15) is 0 Å². The molecular formula is C7H9ClN2O. The van der Waals surface area contributed by atoms with Gasteiger partial charge in [-0.15, -0.1) is 0 Å². The molecule has 4 heteroatoms. The number of hydrogen-bond acceptors (Lipinski definition) is 3. The molecule has 60 valence electrons. The van der Waals surface area contributed by atoms with Gasteiger partial charge in [0.25, 0.3) is 0 Å². The van der Waals surface area contributed by atoms with Crippen molar-refractivity contribution in [2.45, 2.75) is 12.0 Å². The lowest BCUT2D eigenvalue weighted by molar-refractivity contribution is 0.318. The lowest BCUT2D eigenvalue weighted by Gasteiger charge is -2.20. The highest BCUT2D eigenvalue weighted by Gasteiger charge is 2.20. The van der Waals surface area contributed by atoms with Crippen LogP contribution >= 0.6 is 11.6 Å². The van der Waals surface area contributed by atoms with Gasteiger partial charge in [0.15, 0.2) is 0 Å². The van der Waals surface area contributed by atoms with E-state index < -0.39 is 5.54 Å². The smallest absolute Gasteiger partial charge is 0.0771 e. The molecule has 0 bridgehead atoms. The lowest BCUT2D eigenvalue weighted by atomic mass is 9.94. The first-order valence-corrected chi connectivity index (χ1v) is 3.56. The second-order valence-electron chi connectivity index (χ2n) is 2.48. The quantitative estimate of drug-likeness (QED) is 0.355. The van der Waals surface area contributed by atoms with Crippen LogP contribution in [0.5, 0.6) is 0 Å². The van der Waals surface area contributed by atoms with Crippen LogP contribution in [0.25, 0.3) is 0 Å². The van der Waals surface area contributed by atoms with Crippen molar-refractivity contribution in [3.05, 3.63) is 23.3 Å². The number of hydrogen-bond donors (Lipinski definition) is 2. The van der Waals surface area contributed by atoms with Crippen molar-refractivity contribution in [3.8, 4) is 0 Å². The maximum atomic E-state index is 8.25. The van der Waals surface area contributed by atoms with Crippen molar-refractivity contribution in [1.82, 2.24) is 0 Å². The van der Waals surface area contributed by atoms with Crippen LogP contribution in [0.15, 0.2) is 28.4 Å². The van der Waals surface area contributed by atoms with Crippen molar-refractivity contribution in [2.75, 3.05) is 0 Å². The van der Waals surface area contributed by atoms with Gasteiger partial charge in [-0.2, -0.15) is 0 Å². The van der Waals surface area contributed by atoms with E-state index >= 15 is 0 Å². The Kier molecular flexibility index (Phi) is 2.31. The molecule has 1 aliphatic carbocycles. The minimum atomic E-state index is -0.673. The lowest BCUT2D eigenvalue weighted by Crippen LogP contribution is -2.39. The first kappa shape index (κ1) is 8.30. The largest absolute Gasteiger partial charge is 0.411 e. The Hall–Kier alpha value is -0.800. The molecule has 0 heterocycles. The fourth-order valence-electron chi connectivity index (χ4n) is 0.848. The average molecular weight is 173 g/mol. The fourth-order valence-corrected chi connectivity index (χ4v) is 0.988. The molecule has 1 rings (SSSR count). The molecule has 0 aliphatic heterocycles. The van der Waals surface area contributed by atoms with Crippen LogP contribution in [0.1, 0.15) is 6.42 Å². The summed E-state index contributed by atoms with van der Waals surface area (Å²) in [4.78, 5) is 0. The van der Waals surface area contributed by atoms with Gasteiger partial charge in [0, 0.05) is 5.03 Å². The predicted molar refractivity (Wildman–Crippen MR) is 44.9 cm³/mol. The minimum Gasteiger partial charge on any atom is -0.411 e. The predicted octanol–water partition coefficient (Wildman–Crippen LogP) is 1.23. The van der Waals surface area contributed by atoms with E-state index in [0.29, 0.717) is 11.5 Å². The molecule has 0 aromatic rings. The Morgan fingerprint density at radius 1 is 1.82 bits per heavy atom. The van der Waals surface area contributed by atoms with Crippen molar-refractivity contribution in [3.63, 3.8) is 0 Å². The van der Waals surface area contributed by atoms with Gasteiger partial charge in [0.05, 0.1) is 11.8 Å². The Labute approximate surface area is 69.8 Å². The van der Waals surface area contributed by atoms with Gasteiger partial charge in [-0.25, -0.2) is 0 Å². The molecule has 1 unspecified atom stereocenters. The van der Waals surface area contributed by atoms with Gasteiger partial charge in [0.2, 0.25) is 0 Å². The van der Waals surface area contributed by atoms with E-state index in [2.05, 4.69) is 5.16 Å². The SMILES string of the molecule is NC1(C=NO)C=CC(Cl)=CC1. The topological polar surface area (TPSA) is 58.6 Å². The minimum absolute atomic E-state index is 0.562. The maximum Gasteiger partial charge on any atom is 0.0771 e. The molecule has 3 N–H and O–H groups in total. The summed E-state index contributed by atoms with van der Waals surface area (Å²) in [6, 6.07) is 0. The summed E-state index contributed by atoms with van der Waals surface area (Å²) >= 11 is 5.66. The zero-order valence-corrected chi connectivity index (χ0v) is 6.62. The summed E-state index contributed by atoms with van der Waals surface area (Å²) in [5, 5.41) is 11.8. The zero-order chi connectivity index (χ0) is 8.32. The highest BCUT2D eigenvalue weighted by Crippen LogP contribution is 2.18. The van der Waals surface area contributed by atoms with Crippen LogP contribution < -0.4 is 5.73 Å². The normalized spacial score (nSPS) is 30.9. The van der Waals surface area contributed by atoms with Crippen LogP contribution in [-0.2, 0) is 0 Å². The van der Waals surface area contributed by atoms with Gasteiger partial charge >= 0.3 is 0 Å². The van der Waals surface area contributed by atoms with E-state index in [1.165, 1.54) is 6.21 Å². The Balaban J connectivity index is 2.74. The first-order valence-electron chi connectivity index (χ1n) is 3.19. The van der Waals surface area contributed by atoms with E-state index in [1.54, 1.807) is 18.2 Å². The molecule has 0 aromatic carbocycles. The summed E-state index contributed by atoms with van der Waals surface area (Å²) in [6.07, 6.45) is 7.01. The van der Waals surface area contributed by atoms with Crippen LogP contribution in [-0.4, -0.2) is 17.0 Å². The van der Waals surface area contributed by atoms with Crippen molar-refractivity contribution in [2.24, 2.45) is 10.9 Å². The summed E-state index contributed by atoms with van der Waals surface area (Å²) < 4.78 is 0. The first-order chi connectivity index (χ1) is 5.16. The van der Waals surface area contributed by atoms with Crippen molar-refractivity contribution < 1.29 is 5.21 Å². The third kappa shape index (κ3) is 2.06. The molecule has 3 nitrogen and oxygen atoms in total. The fraction of sp³-hybridized carbons (Fsp3) is 0.286. The molecule has 11 heavy (non-hydrogen) atoms. The molecule has 0 spiro atoms. The second kappa shape index (κ2) is 3.07. The molecule has 0 fully saturated rings. The molecule has 1 atom stereocenters. The Morgan fingerprint density at radius 2 is 2.55 bits per heavy atom. The summed E-state index contributed by atoms with van der Waals surface area (Å²) in [6.45, 7) is 0. The van der Waals surface area contributed by atoms with Gasteiger partial charge < -0.3 is 10.9 Å². The highest BCUT2D eigenvalue weighted by molar-refractivity contribution is 6.31. The van der Waals surface area contributed by atoms with E-state index in [9.17, 15) is 0 Å². The third-order valence-corrected chi connectivity index (χ3v) is 1.78. The third-order valence-electron chi connectivity index (χ3n) is 1.50. The van der Waals surface area contributed by atoms with Crippen LogP contribution in [0.4, 0.5) is 0 Å². The van der Waals surface area contributed by atoms with E-state index in [1.807, 2.05) is 0 Å². The van der Waals surface area contributed by atoms with E-state index in [4.69, 9.17) is 22.5 Å².